The van der Waals surface area contributed by atoms with Gasteiger partial charge in [0.1, 0.15) is 6.54 Å². The highest BCUT2D eigenvalue weighted by Gasteiger charge is 2.12. The van der Waals surface area contributed by atoms with Crippen LogP contribution in [0.4, 0.5) is 5.69 Å². The van der Waals surface area contributed by atoms with Crippen molar-refractivity contribution in [3.05, 3.63) is 35.9 Å². The maximum absolute atomic E-state index is 11.9. The Bertz CT molecular complexity index is 568. The summed E-state index contributed by atoms with van der Waals surface area (Å²) in [6.07, 6.45) is 8.09. The molecule has 1 aromatic carbocycles. The number of carbonyl (C=O) groups is 2. The highest BCUT2D eigenvalue weighted by molar-refractivity contribution is 5.93. The minimum absolute atomic E-state index is 0.0327. The van der Waals surface area contributed by atoms with E-state index in [-0.39, 0.29) is 6.54 Å². The van der Waals surface area contributed by atoms with E-state index >= 15 is 0 Å². The molecule has 0 aliphatic carbocycles. The Morgan fingerprint density at radius 2 is 1.90 bits per heavy atom. The first kappa shape index (κ1) is 16.3. The van der Waals surface area contributed by atoms with Crippen LogP contribution in [0.5, 0.6) is 0 Å². The molecule has 21 heavy (non-hydrogen) atoms. The number of carboxylic acids is 1. The largest absolute Gasteiger partial charge is 0.480 e. The van der Waals surface area contributed by atoms with Crippen molar-refractivity contribution >= 4 is 23.6 Å². The lowest BCUT2D eigenvalue weighted by Crippen LogP contribution is -2.34. The Labute approximate surface area is 124 Å². The molecule has 1 aromatic rings. The second-order valence-electron chi connectivity index (χ2n) is 4.61. The number of aliphatic carboxylic acids is 1. The topological polar surface area (TPSA) is 60.9 Å². The highest BCUT2D eigenvalue weighted by Crippen LogP contribution is 2.13. The minimum atomic E-state index is -1.10. The molecule has 0 fully saturated rings. The second kappa shape index (κ2) is 7.75. The summed E-state index contributed by atoms with van der Waals surface area (Å²) in [5.74, 6) is 0.755. The number of hydrogen-bond donors (Lipinski definition) is 1. The van der Waals surface area contributed by atoms with E-state index in [4.69, 9.17) is 11.5 Å². The van der Waals surface area contributed by atoms with Crippen molar-refractivity contribution in [2.24, 2.45) is 0 Å². The predicted octanol–water partition coefficient (Wildman–Crippen LogP) is 1.31. The summed E-state index contributed by atoms with van der Waals surface area (Å²) in [5.41, 5.74) is 1.91. The first-order valence-corrected chi connectivity index (χ1v) is 6.33. The number of carboxylic acid groups (broad SMARTS) is 1. The van der Waals surface area contributed by atoms with Crippen molar-refractivity contribution in [1.29, 1.82) is 0 Å². The Morgan fingerprint density at radius 3 is 2.38 bits per heavy atom. The van der Waals surface area contributed by atoms with Gasteiger partial charge in [-0.25, -0.2) is 0 Å². The minimum Gasteiger partial charge on any atom is -0.480 e. The first-order valence-electron chi connectivity index (χ1n) is 6.33. The molecule has 1 amide bonds. The summed E-state index contributed by atoms with van der Waals surface area (Å²) in [6, 6.07) is 7.62. The molecule has 0 aliphatic heterocycles. The van der Waals surface area contributed by atoms with Gasteiger partial charge >= 0.3 is 5.97 Å². The number of rotatable bonds is 6. The summed E-state index contributed by atoms with van der Waals surface area (Å²) in [6.45, 7) is -0.442. The standard InChI is InChI=1S/C16H18N2O3/c1-4-11-18(12-16(20)21)15(19)10-7-13-5-8-14(9-6-13)17(2)3/h1,5-10H,11-12H2,2-3H3,(H,20,21). The molecule has 5 heteroatoms. The molecule has 0 radical (unpaired) electrons. The predicted molar refractivity (Wildman–Crippen MR) is 82.9 cm³/mol. The number of amides is 1. The molecule has 1 N–H and O–H groups in total. The number of anilines is 1. The average Bonchev–Trinajstić information content (AvgIpc) is 2.44. The van der Waals surface area contributed by atoms with Crippen molar-refractivity contribution in [1.82, 2.24) is 4.90 Å². The van der Waals surface area contributed by atoms with Gasteiger partial charge in [0, 0.05) is 25.9 Å². The van der Waals surface area contributed by atoms with Gasteiger partial charge in [-0.15, -0.1) is 6.42 Å². The molecule has 0 bridgehead atoms. The summed E-state index contributed by atoms with van der Waals surface area (Å²) in [4.78, 5) is 25.6. The van der Waals surface area contributed by atoms with Crippen LogP contribution in [-0.2, 0) is 9.59 Å². The van der Waals surface area contributed by atoms with Crippen molar-refractivity contribution < 1.29 is 14.7 Å². The summed E-state index contributed by atoms with van der Waals surface area (Å²) < 4.78 is 0. The van der Waals surface area contributed by atoms with Crippen molar-refractivity contribution in [2.75, 3.05) is 32.1 Å². The van der Waals surface area contributed by atoms with Gasteiger partial charge in [-0.2, -0.15) is 0 Å². The lowest BCUT2D eigenvalue weighted by molar-refractivity contribution is -0.142. The zero-order chi connectivity index (χ0) is 15.8. The molecule has 0 heterocycles. The van der Waals surface area contributed by atoms with Crippen LogP contribution in [0.1, 0.15) is 5.56 Å². The SMILES string of the molecule is C#CCN(CC(=O)O)C(=O)C=Cc1ccc(N(C)C)cc1. The molecular weight excluding hydrogens is 268 g/mol. The highest BCUT2D eigenvalue weighted by atomic mass is 16.4. The summed E-state index contributed by atoms with van der Waals surface area (Å²) in [7, 11) is 3.88. The molecule has 0 saturated carbocycles. The van der Waals surface area contributed by atoms with E-state index in [0.29, 0.717) is 0 Å². The zero-order valence-electron chi connectivity index (χ0n) is 12.1. The molecule has 0 aliphatic rings. The van der Waals surface area contributed by atoms with Gasteiger partial charge in [-0.3, -0.25) is 9.59 Å². The number of carbonyl (C=O) groups excluding carboxylic acids is 1. The van der Waals surface area contributed by atoms with Crippen LogP contribution in [0.3, 0.4) is 0 Å². The molecule has 5 nitrogen and oxygen atoms in total. The van der Waals surface area contributed by atoms with Gasteiger partial charge < -0.3 is 14.9 Å². The Morgan fingerprint density at radius 1 is 1.29 bits per heavy atom. The lowest BCUT2D eigenvalue weighted by atomic mass is 10.2. The Kier molecular flexibility index (Phi) is 6.02. The van der Waals surface area contributed by atoms with Crippen molar-refractivity contribution in [3.63, 3.8) is 0 Å². The maximum Gasteiger partial charge on any atom is 0.323 e. The van der Waals surface area contributed by atoms with Crippen LogP contribution in [0.25, 0.3) is 6.08 Å². The van der Waals surface area contributed by atoms with E-state index in [1.165, 1.54) is 6.08 Å². The van der Waals surface area contributed by atoms with Gasteiger partial charge in [-0.05, 0) is 23.8 Å². The molecule has 0 spiro atoms. The fraction of sp³-hybridized carbons (Fsp3) is 0.250. The van der Waals surface area contributed by atoms with Crippen molar-refractivity contribution in [2.45, 2.75) is 0 Å². The van der Waals surface area contributed by atoms with Crippen LogP contribution < -0.4 is 4.90 Å². The lowest BCUT2D eigenvalue weighted by Gasteiger charge is -2.15. The van der Waals surface area contributed by atoms with E-state index in [1.54, 1.807) is 6.08 Å². The number of benzene rings is 1. The Balaban J connectivity index is 2.75. The molecular formula is C16H18N2O3. The summed E-state index contributed by atoms with van der Waals surface area (Å²) in [5, 5.41) is 8.74. The van der Waals surface area contributed by atoms with Gasteiger partial charge in [0.25, 0.3) is 0 Å². The van der Waals surface area contributed by atoms with Crippen LogP contribution in [0.2, 0.25) is 0 Å². The third kappa shape index (κ3) is 5.41. The van der Waals surface area contributed by atoms with Gasteiger partial charge in [-0.1, -0.05) is 18.1 Å². The smallest absolute Gasteiger partial charge is 0.323 e. The Hall–Kier alpha value is -2.74. The number of terminal acetylenes is 1. The zero-order valence-corrected chi connectivity index (χ0v) is 12.1. The van der Waals surface area contributed by atoms with E-state index in [0.717, 1.165) is 16.2 Å². The molecule has 0 atom stereocenters. The van der Waals surface area contributed by atoms with E-state index in [9.17, 15) is 9.59 Å². The number of hydrogen-bond acceptors (Lipinski definition) is 3. The number of nitrogens with zero attached hydrogens (tertiary/aromatic N) is 2. The van der Waals surface area contributed by atoms with E-state index in [2.05, 4.69) is 5.92 Å². The molecule has 0 unspecified atom stereocenters. The monoisotopic (exact) mass is 286 g/mol. The summed E-state index contributed by atoms with van der Waals surface area (Å²) >= 11 is 0. The van der Waals surface area contributed by atoms with Gasteiger partial charge in [0.15, 0.2) is 0 Å². The van der Waals surface area contributed by atoms with Crippen LogP contribution >= 0.6 is 0 Å². The third-order valence-electron chi connectivity index (χ3n) is 2.75. The first-order chi connectivity index (χ1) is 9.93. The molecule has 1 rings (SSSR count). The van der Waals surface area contributed by atoms with E-state index in [1.807, 2.05) is 43.3 Å². The van der Waals surface area contributed by atoms with Crippen LogP contribution in [0, 0.1) is 12.3 Å². The molecule has 0 saturated heterocycles. The molecule has 0 aromatic heterocycles. The quantitative estimate of drug-likeness (QED) is 0.633. The third-order valence-corrected chi connectivity index (χ3v) is 2.75. The fourth-order valence-electron chi connectivity index (χ4n) is 1.64. The van der Waals surface area contributed by atoms with Crippen molar-refractivity contribution in [3.8, 4) is 12.3 Å². The van der Waals surface area contributed by atoms with Gasteiger partial charge in [0.2, 0.25) is 5.91 Å². The normalized spacial score (nSPS) is 10.1. The van der Waals surface area contributed by atoms with Crippen LogP contribution in [-0.4, -0.2) is 49.1 Å². The fourth-order valence-corrected chi connectivity index (χ4v) is 1.64. The second-order valence-corrected chi connectivity index (χ2v) is 4.61. The average molecular weight is 286 g/mol. The van der Waals surface area contributed by atoms with Gasteiger partial charge in [0.05, 0.1) is 6.54 Å². The maximum atomic E-state index is 11.9. The van der Waals surface area contributed by atoms with Crippen LogP contribution in [0.15, 0.2) is 30.3 Å². The van der Waals surface area contributed by atoms with E-state index < -0.39 is 18.4 Å². The molecule has 110 valence electrons.